The summed E-state index contributed by atoms with van der Waals surface area (Å²) in [7, 11) is 0. The Kier molecular flexibility index (Phi) is 2.35. The second-order valence-corrected chi connectivity index (χ2v) is 4.11. The molecule has 0 atom stereocenters. The Morgan fingerprint density at radius 3 is 2.20 bits per heavy atom. The smallest absolute Gasteiger partial charge is 0.0651 e. The zero-order valence-corrected chi connectivity index (χ0v) is 9.70. The normalized spacial score (nSPS) is 10.7. The monoisotopic (exact) mass is 200 g/mol. The molecule has 2 heteroatoms. The number of aromatic nitrogens is 2. The molecule has 0 saturated carbocycles. The van der Waals surface area contributed by atoms with Crippen LogP contribution in [0.1, 0.15) is 22.5 Å². The average Bonchev–Trinajstić information content (AvgIpc) is 2.50. The van der Waals surface area contributed by atoms with Gasteiger partial charge in [0.1, 0.15) is 0 Å². The fraction of sp³-hybridized carbons (Fsp3) is 0.308. The Bertz CT molecular complexity index is 495. The van der Waals surface area contributed by atoms with Gasteiger partial charge in [0.15, 0.2) is 0 Å². The number of benzene rings is 1. The molecule has 0 radical (unpaired) electrons. The summed E-state index contributed by atoms with van der Waals surface area (Å²) in [4.78, 5) is 0. The van der Waals surface area contributed by atoms with Crippen LogP contribution in [-0.2, 0) is 0 Å². The van der Waals surface area contributed by atoms with Crippen LogP contribution in [0.5, 0.6) is 0 Å². The zero-order valence-electron chi connectivity index (χ0n) is 9.70. The van der Waals surface area contributed by atoms with Gasteiger partial charge in [-0.25, -0.2) is 4.68 Å². The molecule has 1 aromatic carbocycles. The summed E-state index contributed by atoms with van der Waals surface area (Å²) in [6.07, 6.45) is 0. The van der Waals surface area contributed by atoms with Crippen LogP contribution in [-0.4, -0.2) is 9.78 Å². The molecule has 1 aromatic heterocycles. The third-order valence-electron chi connectivity index (χ3n) is 2.74. The number of rotatable bonds is 1. The van der Waals surface area contributed by atoms with E-state index in [1.165, 1.54) is 16.8 Å². The van der Waals surface area contributed by atoms with Gasteiger partial charge in [0, 0.05) is 5.69 Å². The number of nitrogens with zero attached hydrogens (tertiary/aromatic N) is 2. The summed E-state index contributed by atoms with van der Waals surface area (Å²) < 4.78 is 1.99. The van der Waals surface area contributed by atoms with Gasteiger partial charge in [-0.1, -0.05) is 6.07 Å². The first-order chi connectivity index (χ1) is 7.08. The van der Waals surface area contributed by atoms with Gasteiger partial charge in [0.05, 0.1) is 11.4 Å². The molecule has 2 nitrogen and oxygen atoms in total. The molecule has 0 unspecified atom stereocenters. The van der Waals surface area contributed by atoms with Gasteiger partial charge in [0.2, 0.25) is 0 Å². The largest absolute Gasteiger partial charge is 0.238 e. The number of hydrogen-bond donors (Lipinski definition) is 0. The lowest BCUT2D eigenvalue weighted by molar-refractivity contribution is 0.832. The van der Waals surface area contributed by atoms with Gasteiger partial charge < -0.3 is 0 Å². The Balaban J connectivity index is 2.54. The van der Waals surface area contributed by atoms with Crippen molar-refractivity contribution in [2.45, 2.75) is 27.7 Å². The van der Waals surface area contributed by atoms with Gasteiger partial charge in [-0.2, -0.15) is 5.10 Å². The number of aryl methyl sites for hydroxylation is 4. The highest BCUT2D eigenvalue weighted by molar-refractivity contribution is 5.40. The van der Waals surface area contributed by atoms with Crippen molar-refractivity contribution in [3.63, 3.8) is 0 Å². The van der Waals surface area contributed by atoms with E-state index in [0.717, 1.165) is 11.4 Å². The van der Waals surface area contributed by atoms with Gasteiger partial charge in [-0.05, 0) is 57.0 Å². The van der Waals surface area contributed by atoms with Gasteiger partial charge >= 0.3 is 0 Å². The lowest BCUT2D eigenvalue weighted by atomic mass is 10.1. The van der Waals surface area contributed by atoms with Crippen molar-refractivity contribution in [3.8, 4) is 5.69 Å². The van der Waals surface area contributed by atoms with Crippen LogP contribution in [0.15, 0.2) is 24.3 Å². The van der Waals surface area contributed by atoms with E-state index in [2.05, 4.69) is 50.1 Å². The van der Waals surface area contributed by atoms with E-state index >= 15 is 0 Å². The van der Waals surface area contributed by atoms with Gasteiger partial charge in [-0.15, -0.1) is 0 Å². The Morgan fingerprint density at radius 2 is 1.67 bits per heavy atom. The maximum atomic E-state index is 4.47. The third-order valence-corrected chi connectivity index (χ3v) is 2.74. The van der Waals surface area contributed by atoms with Crippen LogP contribution in [0.4, 0.5) is 0 Å². The first-order valence-electron chi connectivity index (χ1n) is 5.19. The maximum absolute atomic E-state index is 4.47. The van der Waals surface area contributed by atoms with Crippen LogP contribution in [0.25, 0.3) is 5.69 Å². The summed E-state index contributed by atoms with van der Waals surface area (Å²) >= 11 is 0. The second-order valence-electron chi connectivity index (χ2n) is 4.11. The fourth-order valence-electron chi connectivity index (χ4n) is 1.75. The highest BCUT2D eigenvalue weighted by Gasteiger charge is 2.04. The minimum absolute atomic E-state index is 1.06. The first kappa shape index (κ1) is 9.97. The quantitative estimate of drug-likeness (QED) is 0.691. The van der Waals surface area contributed by atoms with E-state index in [9.17, 15) is 0 Å². The molecule has 0 fully saturated rings. The molecule has 0 aliphatic rings. The maximum Gasteiger partial charge on any atom is 0.0651 e. The van der Waals surface area contributed by atoms with Gasteiger partial charge in [-0.3, -0.25) is 0 Å². The van der Waals surface area contributed by atoms with Crippen molar-refractivity contribution in [1.82, 2.24) is 9.78 Å². The van der Waals surface area contributed by atoms with E-state index in [1.54, 1.807) is 0 Å². The SMILES string of the molecule is Cc1cc(C)n(-c2ccc(C)c(C)c2)n1. The molecule has 2 rings (SSSR count). The second kappa shape index (κ2) is 3.54. The Morgan fingerprint density at radius 1 is 0.933 bits per heavy atom. The molecule has 1 heterocycles. The number of hydrogen-bond acceptors (Lipinski definition) is 1. The highest BCUT2D eigenvalue weighted by Crippen LogP contribution is 2.15. The van der Waals surface area contributed by atoms with Crippen molar-refractivity contribution in [3.05, 3.63) is 46.8 Å². The summed E-state index contributed by atoms with van der Waals surface area (Å²) in [6, 6.07) is 8.52. The van der Waals surface area contributed by atoms with Crippen LogP contribution in [0.3, 0.4) is 0 Å². The topological polar surface area (TPSA) is 17.8 Å². The van der Waals surface area contributed by atoms with Crippen molar-refractivity contribution >= 4 is 0 Å². The molecular formula is C13H16N2. The Hall–Kier alpha value is -1.57. The predicted molar refractivity (Wildman–Crippen MR) is 62.5 cm³/mol. The van der Waals surface area contributed by atoms with Crippen LogP contribution in [0.2, 0.25) is 0 Å². The van der Waals surface area contributed by atoms with Crippen molar-refractivity contribution in [1.29, 1.82) is 0 Å². The summed E-state index contributed by atoms with van der Waals surface area (Å²) in [5.74, 6) is 0. The average molecular weight is 200 g/mol. The molecule has 15 heavy (non-hydrogen) atoms. The molecule has 0 bridgehead atoms. The van der Waals surface area contributed by atoms with Crippen LogP contribution >= 0.6 is 0 Å². The van der Waals surface area contributed by atoms with Crippen molar-refractivity contribution < 1.29 is 0 Å². The van der Waals surface area contributed by atoms with Crippen LogP contribution < -0.4 is 0 Å². The van der Waals surface area contributed by atoms with E-state index < -0.39 is 0 Å². The Labute approximate surface area is 90.6 Å². The molecular weight excluding hydrogens is 184 g/mol. The first-order valence-corrected chi connectivity index (χ1v) is 5.19. The predicted octanol–water partition coefficient (Wildman–Crippen LogP) is 3.11. The molecule has 0 spiro atoms. The molecule has 78 valence electrons. The van der Waals surface area contributed by atoms with Gasteiger partial charge in [0.25, 0.3) is 0 Å². The van der Waals surface area contributed by atoms with Crippen molar-refractivity contribution in [2.75, 3.05) is 0 Å². The summed E-state index contributed by atoms with van der Waals surface area (Å²) in [6.45, 7) is 8.35. The highest BCUT2D eigenvalue weighted by atomic mass is 15.3. The lowest BCUT2D eigenvalue weighted by Gasteiger charge is -2.07. The molecule has 0 N–H and O–H groups in total. The van der Waals surface area contributed by atoms with E-state index in [4.69, 9.17) is 0 Å². The molecule has 0 aliphatic carbocycles. The fourth-order valence-corrected chi connectivity index (χ4v) is 1.75. The molecule has 2 aromatic rings. The summed E-state index contributed by atoms with van der Waals surface area (Å²) in [5.41, 5.74) is 6.01. The lowest BCUT2D eigenvalue weighted by Crippen LogP contribution is -1.99. The standard InChI is InChI=1S/C13H16N2/c1-9-5-6-13(7-10(9)2)15-12(4)8-11(3)14-15/h5-8H,1-4H3. The minimum Gasteiger partial charge on any atom is -0.238 e. The van der Waals surface area contributed by atoms with Crippen molar-refractivity contribution in [2.24, 2.45) is 0 Å². The molecule has 0 amide bonds. The molecule has 0 saturated heterocycles. The summed E-state index contributed by atoms with van der Waals surface area (Å²) in [5, 5.41) is 4.47. The minimum atomic E-state index is 1.06. The van der Waals surface area contributed by atoms with E-state index in [-0.39, 0.29) is 0 Å². The van der Waals surface area contributed by atoms with E-state index in [1.807, 2.05) is 11.6 Å². The third kappa shape index (κ3) is 1.80. The molecule has 0 aliphatic heterocycles. The van der Waals surface area contributed by atoms with Crippen LogP contribution in [0, 0.1) is 27.7 Å². The zero-order chi connectivity index (χ0) is 11.0. The van der Waals surface area contributed by atoms with E-state index in [0.29, 0.717) is 0 Å².